The highest BCUT2D eigenvalue weighted by molar-refractivity contribution is 6.46. The predicted octanol–water partition coefficient (Wildman–Crippen LogP) is 6.31. The number of ketones is 1. The van der Waals surface area contributed by atoms with Gasteiger partial charge in [0.15, 0.2) is 0 Å². The van der Waals surface area contributed by atoms with E-state index in [1.54, 1.807) is 4.90 Å². The van der Waals surface area contributed by atoms with Crippen molar-refractivity contribution in [1.82, 2.24) is 4.90 Å². The number of hydrogen-bond acceptors (Lipinski definition) is 4. The molecule has 4 rings (SSSR count). The minimum Gasteiger partial charge on any atom is -0.507 e. The molecule has 0 saturated carbocycles. The number of carbonyl (C=O) groups excluding carboxylic acids is 2. The van der Waals surface area contributed by atoms with Crippen LogP contribution >= 0.6 is 0 Å². The van der Waals surface area contributed by atoms with E-state index in [2.05, 4.69) is 20.8 Å². The summed E-state index contributed by atoms with van der Waals surface area (Å²) in [5.74, 6) is -0.686. The lowest BCUT2D eigenvalue weighted by atomic mass is 9.84. The summed E-state index contributed by atoms with van der Waals surface area (Å²) in [5.41, 5.74) is 4.07. The number of ether oxygens (including phenoxy) is 1. The second kappa shape index (κ2) is 10.0. The molecule has 1 aliphatic heterocycles. The molecule has 3 aromatic carbocycles. The van der Waals surface area contributed by atoms with Crippen molar-refractivity contribution >= 4 is 17.4 Å². The number of hydrogen-bond donors (Lipinski definition) is 1. The van der Waals surface area contributed by atoms with Gasteiger partial charge in [0.1, 0.15) is 11.5 Å². The summed E-state index contributed by atoms with van der Waals surface area (Å²) in [5, 5.41) is 11.6. The second-order valence-corrected chi connectivity index (χ2v) is 10.2. The van der Waals surface area contributed by atoms with Gasteiger partial charge in [-0.2, -0.15) is 0 Å². The normalized spacial score (nSPS) is 17.5. The van der Waals surface area contributed by atoms with Gasteiger partial charge in [-0.25, -0.2) is 0 Å². The number of aliphatic hydroxyl groups is 1. The summed E-state index contributed by atoms with van der Waals surface area (Å²) in [4.78, 5) is 28.3. The van der Waals surface area contributed by atoms with Crippen LogP contribution < -0.4 is 4.74 Å². The average molecular weight is 484 g/mol. The Morgan fingerprint density at radius 1 is 0.972 bits per heavy atom. The number of benzene rings is 3. The fraction of sp³-hybridized carbons (Fsp3) is 0.290. The SMILES string of the molecule is CCOc1ccc(CN2C(=O)C(=O)/C(=C(/O)c3cc(C(C)(C)C)ccc3C)C2c2ccccc2)cc1. The molecular formula is C31H33NO4. The Bertz CT molecular complexity index is 1300. The lowest BCUT2D eigenvalue weighted by molar-refractivity contribution is -0.140. The van der Waals surface area contributed by atoms with Crippen molar-refractivity contribution < 1.29 is 19.4 Å². The van der Waals surface area contributed by atoms with Gasteiger partial charge in [-0.15, -0.1) is 0 Å². The molecule has 1 unspecified atom stereocenters. The first-order valence-corrected chi connectivity index (χ1v) is 12.3. The summed E-state index contributed by atoms with van der Waals surface area (Å²) in [6.07, 6.45) is 0. The van der Waals surface area contributed by atoms with Gasteiger partial charge in [-0.3, -0.25) is 9.59 Å². The number of aryl methyl sites for hydroxylation is 1. The molecule has 1 amide bonds. The van der Waals surface area contributed by atoms with Gasteiger partial charge >= 0.3 is 0 Å². The Kier molecular flexibility index (Phi) is 7.02. The van der Waals surface area contributed by atoms with Crippen molar-refractivity contribution in [3.63, 3.8) is 0 Å². The van der Waals surface area contributed by atoms with Crippen LogP contribution in [0.5, 0.6) is 5.75 Å². The van der Waals surface area contributed by atoms with Crippen LogP contribution in [0.25, 0.3) is 5.76 Å². The van der Waals surface area contributed by atoms with E-state index in [-0.39, 0.29) is 23.3 Å². The van der Waals surface area contributed by atoms with Crippen LogP contribution in [-0.4, -0.2) is 28.3 Å². The summed E-state index contributed by atoms with van der Waals surface area (Å²) < 4.78 is 5.53. The highest BCUT2D eigenvalue weighted by Gasteiger charge is 2.46. The molecular weight excluding hydrogens is 450 g/mol. The molecule has 1 saturated heterocycles. The first-order chi connectivity index (χ1) is 17.1. The van der Waals surface area contributed by atoms with E-state index in [4.69, 9.17) is 4.74 Å². The van der Waals surface area contributed by atoms with Crippen molar-refractivity contribution in [3.8, 4) is 5.75 Å². The molecule has 1 atom stereocenters. The monoisotopic (exact) mass is 483 g/mol. The van der Waals surface area contributed by atoms with Crippen LogP contribution in [-0.2, 0) is 21.5 Å². The molecule has 1 heterocycles. The summed E-state index contributed by atoms with van der Waals surface area (Å²) >= 11 is 0. The highest BCUT2D eigenvalue weighted by atomic mass is 16.5. The maximum absolute atomic E-state index is 13.4. The first kappa shape index (κ1) is 25.2. The predicted molar refractivity (Wildman–Crippen MR) is 142 cm³/mol. The molecule has 0 spiro atoms. The number of Topliss-reactive ketones (excluding diaryl/α,β-unsaturated/α-hetero) is 1. The zero-order valence-electron chi connectivity index (χ0n) is 21.5. The van der Waals surface area contributed by atoms with E-state index in [0.29, 0.717) is 12.2 Å². The number of nitrogens with zero attached hydrogens (tertiary/aromatic N) is 1. The summed E-state index contributed by atoms with van der Waals surface area (Å²) in [6.45, 7) is 10.9. The van der Waals surface area contributed by atoms with Crippen LogP contribution in [0.2, 0.25) is 0 Å². The van der Waals surface area contributed by atoms with E-state index in [1.165, 1.54) is 0 Å². The van der Waals surface area contributed by atoms with Crippen LogP contribution in [0.1, 0.15) is 61.6 Å². The molecule has 0 radical (unpaired) electrons. The maximum atomic E-state index is 13.4. The summed E-state index contributed by atoms with van der Waals surface area (Å²) in [6, 6.07) is 22.1. The third-order valence-electron chi connectivity index (χ3n) is 6.60. The number of amides is 1. The highest BCUT2D eigenvalue weighted by Crippen LogP contribution is 2.41. The quantitative estimate of drug-likeness (QED) is 0.253. The third kappa shape index (κ3) is 4.92. The summed E-state index contributed by atoms with van der Waals surface area (Å²) in [7, 11) is 0. The largest absolute Gasteiger partial charge is 0.507 e. The van der Waals surface area contributed by atoms with Gasteiger partial charge in [0.05, 0.1) is 18.2 Å². The average Bonchev–Trinajstić information content (AvgIpc) is 3.10. The second-order valence-electron chi connectivity index (χ2n) is 10.2. The van der Waals surface area contributed by atoms with Gasteiger partial charge in [0.2, 0.25) is 0 Å². The van der Waals surface area contributed by atoms with E-state index in [9.17, 15) is 14.7 Å². The molecule has 5 heteroatoms. The van der Waals surface area contributed by atoms with Crippen LogP contribution in [0.15, 0.2) is 78.4 Å². The van der Waals surface area contributed by atoms with Crippen LogP contribution in [0.3, 0.4) is 0 Å². The topological polar surface area (TPSA) is 66.8 Å². The molecule has 0 aromatic heterocycles. The first-order valence-electron chi connectivity index (χ1n) is 12.3. The molecule has 0 aliphatic carbocycles. The minimum absolute atomic E-state index is 0.117. The van der Waals surface area contributed by atoms with E-state index in [1.807, 2.05) is 86.6 Å². The zero-order valence-corrected chi connectivity index (χ0v) is 21.5. The van der Waals surface area contributed by atoms with Crippen molar-refractivity contribution in [3.05, 3.63) is 106 Å². The Balaban J connectivity index is 1.83. The third-order valence-corrected chi connectivity index (χ3v) is 6.60. The number of rotatable bonds is 6. The van der Waals surface area contributed by atoms with Gasteiger partial charge in [0, 0.05) is 12.1 Å². The van der Waals surface area contributed by atoms with Gasteiger partial charge in [-0.1, -0.05) is 75.4 Å². The Morgan fingerprint density at radius 2 is 1.64 bits per heavy atom. The van der Waals surface area contributed by atoms with Gasteiger partial charge < -0.3 is 14.7 Å². The standard InChI is InChI=1S/C31H33NO4/c1-6-36-24-16-13-21(14-17-24)19-32-27(22-10-8-7-9-11-22)26(29(34)30(32)35)28(33)25-18-23(31(3,4)5)15-12-20(25)2/h7-18,27,33H,6,19H2,1-5H3/b28-26+. The number of likely N-dealkylation sites (tertiary alicyclic amines) is 1. The lowest BCUT2D eigenvalue weighted by Gasteiger charge is -2.26. The minimum atomic E-state index is -0.699. The fourth-order valence-electron chi connectivity index (χ4n) is 4.57. The zero-order chi connectivity index (χ0) is 26.0. The number of aliphatic hydroxyl groups excluding tert-OH is 1. The van der Waals surface area contributed by atoms with E-state index < -0.39 is 17.7 Å². The molecule has 3 aromatic rings. The van der Waals surface area contributed by atoms with Crippen molar-refractivity contribution in [1.29, 1.82) is 0 Å². The molecule has 1 fully saturated rings. The molecule has 5 nitrogen and oxygen atoms in total. The Morgan fingerprint density at radius 3 is 2.25 bits per heavy atom. The molecule has 1 N–H and O–H groups in total. The Hall–Kier alpha value is -3.86. The van der Waals surface area contributed by atoms with Crippen molar-refractivity contribution in [2.45, 2.75) is 52.6 Å². The number of carbonyl (C=O) groups is 2. The van der Waals surface area contributed by atoms with Crippen molar-refractivity contribution in [2.24, 2.45) is 0 Å². The Labute approximate surface area is 213 Å². The maximum Gasteiger partial charge on any atom is 0.295 e. The molecule has 0 bridgehead atoms. The lowest BCUT2D eigenvalue weighted by Crippen LogP contribution is -2.29. The fourth-order valence-corrected chi connectivity index (χ4v) is 4.57. The van der Waals surface area contributed by atoms with E-state index in [0.717, 1.165) is 28.0 Å². The van der Waals surface area contributed by atoms with Gasteiger partial charge in [-0.05, 0) is 59.7 Å². The van der Waals surface area contributed by atoms with E-state index >= 15 is 0 Å². The molecule has 186 valence electrons. The van der Waals surface area contributed by atoms with Crippen LogP contribution in [0, 0.1) is 6.92 Å². The van der Waals surface area contributed by atoms with Gasteiger partial charge in [0.25, 0.3) is 11.7 Å². The molecule has 1 aliphatic rings. The smallest absolute Gasteiger partial charge is 0.295 e. The van der Waals surface area contributed by atoms with Crippen molar-refractivity contribution in [2.75, 3.05) is 6.61 Å². The van der Waals surface area contributed by atoms with Crippen LogP contribution in [0.4, 0.5) is 0 Å². The molecule has 36 heavy (non-hydrogen) atoms.